The van der Waals surface area contributed by atoms with Gasteiger partial charge in [-0.1, -0.05) is 20.8 Å². The zero-order valence-electron chi connectivity index (χ0n) is 12.0. The third-order valence-corrected chi connectivity index (χ3v) is 4.02. The van der Waals surface area contributed by atoms with Crippen LogP contribution in [0.25, 0.3) is 0 Å². The Balaban J connectivity index is 4.62. The quantitative estimate of drug-likeness (QED) is 0.685. The van der Waals surface area contributed by atoms with Gasteiger partial charge in [0.2, 0.25) is 0 Å². The Labute approximate surface area is 101 Å². The van der Waals surface area contributed by atoms with Gasteiger partial charge < -0.3 is 15.2 Å². The number of hydrogen-bond donors (Lipinski definition) is 1. The summed E-state index contributed by atoms with van der Waals surface area (Å²) in [6.45, 7) is 15.0. The van der Waals surface area contributed by atoms with Crippen LogP contribution in [0.1, 0.15) is 54.9 Å². The lowest BCUT2D eigenvalue weighted by atomic mass is 9.73. The molecule has 0 saturated carbocycles. The van der Waals surface area contributed by atoms with Crippen molar-refractivity contribution >= 4 is 0 Å². The average molecular weight is 231 g/mol. The van der Waals surface area contributed by atoms with Gasteiger partial charge >= 0.3 is 0 Å². The Morgan fingerprint density at radius 3 is 2.00 bits per heavy atom. The van der Waals surface area contributed by atoms with Crippen molar-refractivity contribution in [1.29, 1.82) is 0 Å². The van der Waals surface area contributed by atoms with Crippen LogP contribution in [-0.2, 0) is 9.47 Å². The highest BCUT2D eigenvalue weighted by molar-refractivity contribution is 4.92. The lowest BCUT2D eigenvalue weighted by Crippen LogP contribution is -2.50. The first-order valence-electron chi connectivity index (χ1n) is 6.18. The second kappa shape index (κ2) is 5.99. The highest BCUT2D eigenvalue weighted by atomic mass is 16.5. The van der Waals surface area contributed by atoms with Crippen molar-refractivity contribution in [3.63, 3.8) is 0 Å². The largest absolute Gasteiger partial charge is 0.375 e. The normalized spacial score (nSPS) is 17.2. The summed E-state index contributed by atoms with van der Waals surface area (Å²) in [5, 5.41) is 0. The molecular weight excluding hydrogens is 202 g/mol. The maximum absolute atomic E-state index is 5.98. The smallest absolute Gasteiger partial charge is 0.0947 e. The Kier molecular flexibility index (Phi) is 5.94. The van der Waals surface area contributed by atoms with Crippen LogP contribution in [0.3, 0.4) is 0 Å². The number of ether oxygens (including phenoxy) is 2. The van der Waals surface area contributed by atoms with Crippen molar-refractivity contribution in [2.45, 2.75) is 72.7 Å². The topological polar surface area (TPSA) is 44.5 Å². The van der Waals surface area contributed by atoms with Gasteiger partial charge in [-0.2, -0.15) is 0 Å². The highest BCUT2D eigenvalue weighted by Crippen LogP contribution is 2.38. The molecular formula is C13H29NO2. The summed E-state index contributed by atoms with van der Waals surface area (Å²) < 4.78 is 11.6. The molecule has 0 saturated heterocycles. The molecule has 2 unspecified atom stereocenters. The molecule has 98 valence electrons. The Bertz CT molecular complexity index is 202. The third-order valence-electron chi connectivity index (χ3n) is 4.02. The molecule has 3 heteroatoms. The van der Waals surface area contributed by atoms with Crippen LogP contribution < -0.4 is 5.73 Å². The van der Waals surface area contributed by atoms with Gasteiger partial charge in [0.05, 0.1) is 24.5 Å². The number of hydrogen-bond acceptors (Lipinski definition) is 3. The van der Waals surface area contributed by atoms with Crippen LogP contribution in [-0.4, -0.2) is 24.5 Å². The van der Waals surface area contributed by atoms with Crippen molar-refractivity contribution in [3.05, 3.63) is 0 Å². The van der Waals surface area contributed by atoms with Gasteiger partial charge in [-0.3, -0.25) is 0 Å². The SMILES string of the molecule is CCC(C)OC(C)C(C)(C)C(C)(C)OCN. The minimum Gasteiger partial charge on any atom is -0.375 e. The first-order chi connectivity index (χ1) is 7.19. The summed E-state index contributed by atoms with van der Waals surface area (Å²) in [5.41, 5.74) is 5.09. The van der Waals surface area contributed by atoms with Gasteiger partial charge in [0.1, 0.15) is 0 Å². The maximum Gasteiger partial charge on any atom is 0.0947 e. The lowest BCUT2D eigenvalue weighted by Gasteiger charge is -2.45. The minimum absolute atomic E-state index is 0.0875. The predicted molar refractivity (Wildman–Crippen MR) is 68.3 cm³/mol. The van der Waals surface area contributed by atoms with E-state index >= 15 is 0 Å². The average Bonchev–Trinajstić information content (AvgIpc) is 2.16. The third kappa shape index (κ3) is 3.72. The Hall–Kier alpha value is -0.120. The van der Waals surface area contributed by atoms with E-state index in [9.17, 15) is 0 Å². The molecule has 3 nitrogen and oxygen atoms in total. The molecule has 0 amide bonds. The zero-order valence-corrected chi connectivity index (χ0v) is 12.0. The summed E-state index contributed by atoms with van der Waals surface area (Å²) in [6.07, 6.45) is 1.44. The van der Waals surface area contributed by atoms with Gasteiger partial charge in [0, 0.05) is 5.41 Å². The molecule has 0 rings (SSSR count). The van der Waals surface area contributed by atoms with Crippen LogP contribution in [0, 0.1) is 5.41 Å². The molecule has 0 fully saturated rings. The number of nitrogens with two attached hydrogens (primary N) is 1. The van der Waals surface area contributed by atoms with E-state index in [1.807, 2.05) is 0 Å². The van der Waals surface area contributed by atoms with E-state index in [1.54, 1.807) is 0 Å². The van der Waals surface area contributed by atoms with E-state index in [4.69, 9.17) is 15.2 Å². The molecule has 0 aliphatic rings. The van der Waals surface area contributed by atoms with E-state index < -0.39 is 0 Å². The first-order valence-corrected chi connectivity index (χ1v) is 6.18. The van der Waals surface area contributed by atoms with Gasteiger partial charge in [-0.15, -0.1) is 0 Å². The molecule has 0 bridgehead atoms. The van der Waals surface area contributed by atoms with Crippen LogP contribution in [0.4, 0.5) is 0 Å². The van der Waals surface area contributed by atoms with Crippen LogP contribution in [0.5, 0.6) is 0 Å². The van der Waals surface area contributed by atoms with Gasteiger partial charge in [-0.25, -0.2) is 0 Å². The van der Waals surface area contributed by atoms with Crippen LogP contribution in [0.2, 0.25) is 0 Å². The van der Waals surface area contributed by atoms with Crippen molar-refractivity contribution in [3.8, 4) is 0 Å². The highest BCUT2D eigenvalue weighted by Gasteiger charge is 2.43. The molecule has 0 heterocycles. The summed E-state index contributed by atoms with van der Waals surface area (Å²) in [7, 11) is 0. The maximum atomic E-state index is 5.98. The predicted octanol–water partition coefficient (Wildman–Crippen LogP) is 2.93. The van der Waals surface area contributed by atoms with E-state index in [1.165, 1.54) is 0 Å². The monoisotopic (exact) mass is 231 g/mol. The molecule has 16 heavy (non-hydrogen) atoms. The minimum atomic E-state index is -0.297. The molecule has 0 aliphatic carbocycles. The van der Waals surface area contributed by atoms with Crippen molar-refractivity contribution < 1.29 is 9.47 Å². The molecule has 2 N–H and O–H groups in total. The van der Waals surface area contributed by atoms with Gasteiger partial charge in [0.15, 0.2) is 0 Å². The molecule has 0 aromatic carbocycles. The summed E-state index contributed by atoms with van der Waals surface area (Å²) in [4.78, 5) is 0. The molecule has 0 aromatic rings. The van der Waals surface area contributed by atoms with Crippen molar-refractivity contribution in [2.24, 2.45) is 11.1 Å². The van der Waals surface area contributed by atoms with E-state index in [-0.39, 0.29) is 30.0 Å². The molecule has 0 spiro atoms. The standard InChI is InChI=1S/C13H29NO2/c1-8-10(2)16-11(3)12(4,5)13(6,7)15-9-14/h10-11H,8-9,14H2,1-7H3. The Morgan fingerprint density at radius 2 is 1.62 bits per heavy atom. The van der Waals surface area contributed by atoms with Crippen LogP contribution in [0.15, 0.2) is 0 Å². The molecule has 2 atom stereocenters. The van der Waals surface area contributed by atoms with Crippen molar-refractivity contribution in [2.75, 3.05) is 6.73 Å². The van der Waals surface area contributed by atoms with Crippen molar-refractivity contribution in [1.82, 2.24) is 0 Å². The molecule has 0 aliphatic heterocycles. The van der Waals surface area contributed by atoms with E-state index in [0.717, 1.165) is 6.42 Å². The Morgan fingerprint density at radius 1 is 1.12 bits per heavy atom. The fourth-order valence-electron chi connectivity index (χ4n) is 1.50. The van der Waals surface area contributed by atoms with Gasteiger partial charge in [-0.05, 0) is 34.1 Å². The molecule has 0 radical (unpaired) electrons. The van der Waals surface area contributed by atoms with E-state index in [0.29, 0.717) is 0 Å². The fraction of sp³-hybridized carbons (Fsp3) is 1.00. The lowest BCUT2D eigenvalue weighted by molar-refractivity contribution is -0.163. The summed E-state index contributed by atoms with van der Waals surface area (Å²) in [6, 6.07) is 0. The summed E-state index contributed by atoms with van der Waals surface area (Å²) >= 11 is 0. The second-order valence-electron chi connectivity index (χ2n) is 5.54. The summed E-state index contributed by atoms with van der Waals surface area (Å²) in [5.74, 6) is 0. The van der Waals surface area contributed by atoms with E-state index in [2.05, 4.69) is 48.5 Å². The molecule has 0 aromatic heterocycles. The van der Waals surface area contributed by atoms with Crippen LogP contribution >= 0.6 is 0 Å². The zero-order chi connectivity index (χ0) is 13.0. The fourth-order valence-corrected chi connectivity index (χ4v) is 1.50. The number of rotatable bonds is 7. The first kappa shape index (κ1) is 15.9. The second-order valence-corrected chi connectivity index (χ2v) is 5.54. The van der Waals surface area contributed by atoms with Gasteiger partial charge in [0.25, 0.3) is 0 Å².